The molecule has 0 amide bonds. The van der Waals surface area contributed by atoms with Gasteiger partial charge in [0.2, 0.25) is 0 Å². The third-order valence-electron chi connectivity index (χ3n) is 3.50. The van der Waals surface area contributed by atoms with Crippen LogP contribution in [-0.4, -0.2) is 11.0 Å². The SMILES string of the molecule is Cc1nc(C(C)NC2CCCC(C)C2)cs1. The van der Waals surface area contributed by atoms with E-state index in [0.717, 1.165) is 5.92 Å². The van der Waals surface area contributed by atoms with Crippen molar-refractivity contribution in [3.63, 3.8) is 0 Å². The van der Waals surface area contributed by atoms with Crippen LogP contribution in [0.5, 0.6) is 0 Å². The Bertz CT molecular complexity index is 334. The number of nitrogens with one attached hydrogen (secondary N) is 1. The molecule has 1 aliphatic rings. The van der Waals surface area contributed by atoms with E-state index in [1.54, 1.807) is 11.3 Å². The van der Waals surface area contributed by atoms with Crippen LogP contribution in [0.3, 0.4) is 0 Å². The molecule has 0 aromatic carbocycles. The predicted molar refractivity (Wildman–Crippen MR) is 69.8 cm³/mol. The summed E-state index contributed by atoms with van der Waals surface area (Å²) in [6.07, 6.45) is 5.44. The number of hydrogen-bond donors (Lipinski definition) is 1. The summed E-state index contributed by atoms with van der Waals surface area (Å²) in [5.74, 6) is 0.885. The molecule has 1 fully saturated rings. The molecule has 1 aromatic rings. The Morgan fingerprint density at radius 2 is 2.31 bits per heavy atom. The van der Waals surface area contributed by atoms with Gasteiger partial charge in [0.15, 0.2) is 0 Å². The van der Waals surface area contributed by atoms with E-state index in [2.05, 4.69) is 36.5 Å². The number of thiazole rings is 1. The number of rotatable bonds is 3. The van der Waals surface area contributed by atoms with Crippen LogP contribution in [0, 0.1) is 12.8 Å². The monoisotopic (exact) mass is 238 g/mol. The molecule has 0 spiro atoms. The molecule has 3 atom stereocenters. The molecule has 0 radical (unpaired) electrons. The Labute approximate surface area is 102 Å². The van der Waals surface area contributed by atoms with Crippen LogP contribution >= 0.6 is 11.3 Å². The fourth-order valence-corrected chi connectivity index (χ4v) is 3.31. The van der Waals surface area contributed by atoms with Crippen LogP contribution in [0.15, 0.2) is 5.38 Å². The van der Waals surface area contributed by atoms with Gasteiger partial charge in [0.1, 0.15) is 0 Å². The lowest BCUT2D eigenvalue weighted by atomic mass is 9.87. The molecule has 1 heterocycles. The average Bonchev–Trinajstić information content (AvgIpc) is 2.65. The molecule has 0 saturated heterocycles. The largest absolute Gasteiger partial charge is 0.306 e. The molecular weight excluding hydrogens is 216 g/mol. The molecule has 2 nitrogen and oxygen atoms in total. The van der Waals surface area contributed by atoms with Crippen LogP contribution in [0.25, 0.3) is 0 Å². The second kappa shape index (κ2) is 5.28. The van der Waals surface area contributed by atoms with Crippen molar-refractivity contribution in [1.82, 2.24) is 10.3 Å². The van der Waals surface area contributed by atoms with E-state index < -0.39 is 0 Å². The maximum absolute atomic E-state index is 4.55. The van der Waals surface area contributed by atoms with Crippen molar-refractivity contribution in [2.45, 2.75) is 58.5 Å². The first-order chi connectivity index (χ1) is 7.65. The van der Waals surface area contributed by atoms with Crippen LogP contribution in [0.1, 0.15) is 56.3 Å². The lowest BCUT2D eigenvalue weighted by Crippen LogP contribution is -2.35. The zero-order valence-electron chi connectivity index (χ0n) is 10.5. The van der Waals surface area contributed by atoms with E-state index in [1.165, 1.54) is 36.4 Å². The van der Waals surface area contributed by atoms with E-state index in [4.69, 9.17) is 0 Å². The molecule has 16 heavy (non-hydrogen) atoms. The topological polar surface area (TPSA) is 24.9 Å². The Balaban J connectivity index is 1.89. The average molecular weight is 238 g/mol. The minimum atomic E-state index is 0.403. The summed E-state index contributed by atoms with van der Waals surface area (Å²) in [4.78, 5) is 4.55. The molecule has 0 aliphatic heterocycles. The second-order valence-electron chi connectivity index (χ2n) is 5.15. The molecule has 3 heteroatoms. The first-order valence-electron chi connectivity index (χ1n) is 6.33. The van der Waals surface area contributed by atoms with Gasteiger partial charge in [-0.15, -0.1) is 11.3 Å². The Morgan fingerprint density at radius 3 is 2.94 bits per heavy atom. The Kier molecular flexibility index (Phi) is 3.98. The normalized spacial score (nSPS) is 27.9. The van der Waals surface area contributed by atoms with Gasteiger partial charge in [0, 0.05) is 17.5 Å². The summed E-state index contributed by atoms with van der Waals surface area (Å²) in [5.41, 5.74) is 1.21. The Hall–Kier alpha value is -0.410. The number of aryl methyl sites for hydroxylation is 1. The van der Waals surface area contributed by atoms with Gasteiger partial charge in [0.05, 0.1) is 10.7 Å². The van der Waals surface area contributed by atoms with Crippen LogP contribution in [-0.2, 0) is 0 Å². The van der Waals surface area contributed by atoms with Gasteiger partial charge in [0.25, 0.3) is 0 Å². The summed E-state index contributed by atoms with van der Waals surface area (Å²) >= 11 is 1.74. The van der Waals surface area contributed by atoms with Crippen LogP contribution in [0.4, 0.5) is 0 Å². The minimum Gasteiger partial charge on any atom is -0.306 e. The summed E-state index contributed by atoms with van der Waals surface area (Å²) in [6, 6.07) is 1.10. The quantitative estimate of drug-likeness (QED) is 0.869. The van der Waals surface area contributed by atoms with Crippen LogP contribution in [0.2, 0.25) is 0 Å². The fourth-order valence-electron chi connectivity index (χ4n) is 2.60. The highest BCUT2D eigenvalue weighted by atomic mass is 32.1. The molecule has 90 valence electrons. The van der Waals surface area contributed by atoms with E-state index in [9.17, 15) is 0 Å². The zero-order chi connectivity index (χ0) is 11.5. The summed E-state index contributed by atoms with van der Waals surface area (Å²) in [5, 5.41) is 7.07. The van der Waals surface area contributed by atoms with E-state index in [0.29, 0.717) is 12.1 Å². The first-order valence-corrected chi connectivity index (χ1v) is 7.21. The summed E-state index contributed by atoms with van der Waals surface area (Å²) in [6.45, 7) is 6.67. The summed E-state index contributed by atoms with van der Waals surface area (Å²) < 4.78 is 0. The van der Waals surface area contributed by atoms with E-state index in [-0.39, 0.29) is 0 Å². The van der Waals surface area contributed by atoms with Crippen molar-refractivity contribution in [2.75, 3.05) is 0 Å². The molecule has 1 N–H and O–H groups in total. The van der Waals surface area contributed by atoms with E-state index in [1.807, 2.05) is 0 Å². The molecule has 1 aromatic heterocycles. The van der Waals surface area contributed by atoms with Gasteiger partial charge in [-0.05, 0) is 32.6 Å². The number of hydrogen-bond acceptors (Lipinski definition) is 3. The van der Waals surface area contributed by atoms with E-state index >= 15 is 0 Å². The predicted octanol–water partition coefficient (Wildman–Crippen LogP) is 3.68. The Morgan fingerprint density at radius 1 is 1.50 bits per heavy atom. The third-order valence-corrected chi connectivity index (χ3v) is 4.29. The molecule has 2 rings (SSSR count). The summed E-state index contributed by atoms with van der Waals surface area (Å²) in [7, 11) is 0. The highest BCUT2D eigenvalue weighted by Gasteiger charge is 2.21. The van der Waals surface area contributed by atoms with Gasteiger partial charge in [-0.2, -0.15) is 0 Å². The molecule has 1 aliphatic carbocycles. The van der Waals surface area contributed by atoms with Gasteiger partial charge in [-0.3, -0.25) is 0 Å². The van der Waals surface area contributed by atoms with Crippen molar-refractivity contribution in [2.24, 2.45) is 5.92 Å². The van der Waals surface area contributed by atoms with Crippen molar-refractivity contribution in [3.8, 4) is 0 Å². The van der Waals surface area contributed by atoms with Crippen molar-refractivity contribution in [1.29, 1.82) is 0 Å². The maximum Gasteiger partial charge on any atom is 0.0898 e. The highest BCUT2D eigenvalue weighted by molar-refractivity contribution is 7.09. The standard InChI is InChI=1S/C13H22N2S/c1-9-5-4-6-12(7-9)14-10(2)13-8-16-11(3)15-13/h8-10,12,14H,4-7H2,1-3H3. The number of nitrogens with zero attached hydrogens (tertiary/aromatic N) is 1. The van der Waals surface area contributed by atoms with Gasteiger partial charge >= 0.3 is 0 Å². The van der Waals surface area contributed by atoms with Crippen molar-refractivity contribution < 1.29 is 0 Å². The second-order valence-corrected chi connectivity index (χ2v) is 6.21. The maximum atomic E-state index is 4.55. The molecule has 0 bridgehead atoms. The molecular formula is C13H22N2S. The third kappa shape index (κ3) is 3.05. The van der Waals surface area contributed by atoms with Gasteiger partial charge in [-0.25, -0.2) is 4.98 Å². The van der Waals surface area contributed by atoms with Crippen molar-refractivity contribution >= 4 is 11.3 Å². The molecule has 3 unspecified atom stereocenters. The lowest BCUT2D eigenvalue weighted by molar-refractivity contribution is 0.284. The van der Waals surface area contributed by atoms with Gasteiger partial charge < -0.3 is 5.32 Å². The first kappa shape index (κ1) is 12.1. The molecule has 1 saturated carbocycles. The van der Waals surface area contributed by atoms with Crippen LogP contribution < -0.4 is 5.32 Å². The zero-order valence-corrected chi connectivity index (χ0v) is 11.3. The van der Waals surface area contributed by atoms with Gasteiger partial charge in [-0.1, -0.05) is 19.8 Å². The smallest absolute Gasteiger partial charge is 0.0898 e. The highest BCUT2D eigenvalue weighted by Crippen LogP contribution is 2.26. The number of aromatic nitrogens is 1. The lowest BCUT2D eigenvalue weighted by Gasteiger charge is -2.29. The van der Waals surface area contributed by atoms with Crippen molar-refractivity contribution in [3.05, 3.63) is 16.1 Å². The minimum absolute atomic E-state index is 0.403. The fraction of sp³-hybridized carbons (Fsp3) is 0.769.